The Kier molecular flexibility index (Phi) is 5.32. The van der Waals surface area contributed by atoms with Crippen molar-refractivity contribution in [2.24, 2.45) is 0 Å². The largest absolute Gasteiger partial charge is 0.482 e. The van der Waals surface area contributed by atoms with Crippen molar-refractivity contribution in [1.82, 2.24) is 0 Å². The zero-order valence-electron chi connectivity index (χ0n) is 14.7. The van der Waals surface area contributed by atoms with Gasteiger partial charge in [-0.05, 0) is 31.2 Å². The Labute approximate surface area is 159 Å². The molecule has 0 spiro atoms. The molecular formula is C18H16F2N2O5S. The minimum Gasteiger partial charge on any atom is -0.482 e. The second kappa shape index (κ2) is 7.55. The van der Waals surface area contributed by atoms with E-state index in [1.165, 1.54) is 25.1 Å². The Bertz CT molecular complexity index is 1060. The van der Waals surface area contributed by atoms with Crippen molar-refractivity contribution in [2.75, 3.05) is 17.2 Å². The third-order valence-electron chi connectivity index (χ3n) is 4.12. The summed E-state index contributed by atoms with van der Waals surface area (Å²) in [6.45, 7) is 1.12. The first-order valence-corrected chi connectivity index (χ1v) is 9.77. The van der Waals surface area contributed by atoms with Crippen LogP contribution in [0.4, 0.5) is 20.2 Å². The van der Waals surface area contributed by atoms with Gasteiger partial charge < -0.3 is 15.4 Å². The van der Waals surface area contributed by atoms with Crippen LogP contribution in [0.15, 0.2) is 41.3 Å². The normalized spacial score (nSPS) is 14.5. The molecule has 1 atom stereocenters. The lowest BCUT2D eigenvalue weighted by Gasteiger charge is -2.19. The second-order valence-electron chi connectivity index (χ2n) is 6.23. The van der Waals surface area contributed by atoms with Gasteiger partial charge in [-0.15, -0.1) is 0 Å². The number of carbonyl (C=O) groups is 2. The molecule has 1 aliphatic heterocycles. The lowest BCUT2D eigenvalue weighted by atomic mass is 10.2. The van der Waals surface area contributed by atoms with E-state index in [9.17, 15) is 26.8 Å². The van der Waals surface area contributed by atoms with Gasteiger partial charge in [0.05, 0.1) is 21.5 Å². The van der Waals surface area contributed by atoms with Crippen LogP contribution >= 0.6 is 0 Å². The van der Waals surface area contributed by atoms with Crippen LogP contribution in [-0.2, 0) is 19.4 Å². The summed E-state index contributed by atoms with van der Waals surface area (Å²) < 4.78 is 57.2. The number of rotatable bonds is 5. The minimum atomic E-state index is -3.90. The van der Waals surface area contributed by atoms with E-state index in [1.54, 1.807) is 0 Å². The Morgan fingerprint density at radius 3 is 2.71 bits per heavy atom. The minimum absolute atomic E-state index is 0.0735. The highest BCUT2D eigenvalue weighted by atomic mass is 32.2. The second-order valence-corrected chi connectivity index (χ2v) is 8.59. The molecule has 0 radical (unpaired) electrons. The number of hydrogen-bond donors (Lipinski definition) is 2. The van der Waals surface area contributed by atoms with Crippen LogP contribution in [0.5, 0.6) is 5.75 Å². The number of benzene rings is 2. The lowest BCUT2D eigenvalue weighted by Crippen LogP contribution is -2.27. The van der Waals surface area contributed by atoms with Crippen LogP contribution in [0.1, 0.15) is 13.3 Å². The van der Waals surface area contributed by atoms with E-state index >= 15 is 0 Å². The molecule has 1 heterocycles. The maximum absolute atomic E-state index is 13.6. The number of fused-ring (bicyclic) bond motifs is 1. The smallest absolute Gasteiger partial charge is 0.262 e. The molecule has 0 saturated carbocycles. The van der Waals surface area contributed by atoms with Crippen LogP contribution in [0.25, 0.3) is 0 Å². The maximum atomic E-state index is 13.6. The van der Waals surface area contributed by atoms with Crippen molar-refractivity contribution in [3.63, 3.8) is 0 Å². The van der Waals surface area contributed by atoms with Crippen LogP contribution in [0.2, 0.25) is 0 Å². The van der Waals surface area contributed by atoms with Gasteiger partial charge >= 0.3 is 0 Å². The number of halogens is 2. The molecule has 0 saturated heterocycles. The van der Waals surface area contributed by atoms with E-state index in [4.69, 9.17) is 4.74 Å². The average Bonchev–Trinajstić information content (AvgIpc) is 2.63. The zero-order chi connectivity index (χ0) is 20.5. The number of anilines is 2. The van der Waals surface area contributed by atoms with E-state index < -0.39 is 39.0 Å². The molecular weight excluding hydrogens is 394 g/mol. The van der Waals surface area contributed by atoms with E-state index in [0.29, 0.717) is 11.8 Å². The predicted molar refractivity (Wildman–Crippen MR) is 96.8 cm³/mol. The van der Waals surface area contributed by atoms with Gasteiger partial charge in [0.25, 0.3) is 5.91 Å². The van der Waals surface area contributed by atoms with Gasteiger partial charge in [-0.2, -0.15) is 0 Å². The number of amides is 2. The quantitative estimate of drug-likeness (QED) is 0.789. The molecule has 2 amide bonds. The van der Waals surface area contributed by atoms with Crippen molar-refractivity contribution in [3.05, 3.63) is 48.0 Å². The molecule has 1 aliphatic rings. The van der Waals surface area contributed by atoms with Gasteiger partial charge in [-0.3, -0.25) is 9.59 Å². The van der Waals surface area contributed by atoms with Crippen LogP contribution in [-0.4, -0.2) is 32.1 Å². The summed E-state index contributed by atoms with van der Waals surface area (Å²) in [7, 11) is -3.90. The molecule has 148 valence electrons. The van der Waals surface area contributed by atoms with Crippen molar-refractivity contribution in [2.45, 2.75) is 23.5 Å². The van der Waals surface area contributed by atoms with E-state index in [1.807, 2.05) is 0 Å². The molecule has 3 rings (SSSR count). The first-order valence-electron chi connectivity index (χ1n) is 8.22. The average molecular weight is 410 g/mol. The Morgan fingerprint density at radius 2 is 2.00 bits per heavy atom. The van der Waals surface area contributed by atoms with E-state index in [2.05, 4.69) is 10.6 Å². The van der Waals surface area contributed by atoms with E-state index in [0.717, 1.165) is 12.1 Å². The highest BCUT2D eigenvalue weighted by molar-refractivity contribution is 7.92. The SMILES string of the molecule is CC(CC(=O)Nc1ccc(F)cc1F)S(=O)(=O)c1ccc2c(c1)OCC(=O)N2. The number of hydrogen-bond acceptors (Lipinski definition) is 5. The molecule has 2 aromatic rings. The fourth-order valence-corrected chi connectivity index (χ4v) is 3.99. The van der Waals surface area contributed by atoms with Crippen LogP contribution in [0, 0.1) is 11.6 Å². The summed E-state index contributed by atoms with van der Waals surface area (Å²) in [6, 6.07) is 6.62. The first kappa shape index (κ1) is 19.7. The number of carbonyl (C=O) groups excluding carboxylic acids is 2. The fourth-order valence-electron chi connectivity index (χ4n) is 2.63. The van der Waals surface area contributed by atoms with Gasteiger partial charge in [0.2, 0.25) is 5.91 Å². The van der Waals surface area contributed by atoms with Gasteiger partial charge in [0, 0.05) is 18.6 Å². The molecule has 0 aliphatic carbocycles. The Morgan fingerprint density at radius 1 is 1.25 bits per heavy atom. The van der Waals surface area contributed by atoms with Crippen molar-refractivity contribution >= 4 is 33.0 Å². The van der Waals surface area contributed by atoms with Gasteiger partial charge in [0.15, 0.2) is 16.4 Å². The monoisotopic (exact) mass is 410 g/mol. The molecule has 7 nitrogen and oxygen atoms in total. The molecule has 0 fully saturated rings. The fraction of sp³-hybridized carbons (Fsp3) is 0.222. The molecule has 28 heavy (non-hydrogen) atoms. The van der Waals surface area contributed by atoms with E-state index in [-0.39, 0.29) is 28.8 Å². The molecule has 1 unspecified atom stereocenters. The number of nitrogens with one attached hydrogen (secondary N) is 2. The standard InChI is InChI=1S/C18H16F2N2O5S/c1-10(6-17(23)21-14-4-2-11(19)7-13(14)20)28(25,26)12-3-5-15-16(8-12)27-9-18(24)22-15/h2-5,7-8,10H,6,9H2,1H3,(H,21,23)(H,22,24). The molecule has 0 bridgehead atoms. The molecule has 2 N–H and O–H groups in total. The van der Waals surface area contributed by atoms with Crippen molar-refractivity contribution < 1.29 is 31.5 Å². The van der Waals surface area contributed by atoms with Crippen LogP contribution in [0.3, 0.4) is 0 Å². The predicted octanol–water partition coefficient (Wildman–Crippen LogP) is 2.49. The van der Waals surface area contributed by atoms with Gasteiger partial charge in [-0.1, -0.05) is 0 Å². The molecule has 2 aromatic carbocycles. The summed E-state index contributed by atoms with van der Waals surface area (Å²) in [5.74, 6) is -2.62. The van der Waals surface area contributed by atoms with Gasteiger partial charge in [-0.25, -0.2) is 17.2 Å². The third kappa shape index (κ3) is 4.11. The first-order chi connectivity index (χ1) is 13.2. The number of ether oxygens (including phenoxy) is 1. The summed E-state index contributed by atoms with van der Waals surface area (Å²) >= 11 is 0. The van der Waals surface area contributed by atoms with Crippen molar-refractivity contribution in [3.8, 4) is 5.75 Å². The summed E-state index contributed by atoms with van der Waals surface area (Å²) in [5.41, 5.74) is 0.112. The summed E-state index contributed by atoms with van der Waals surface area (Å²) in [4.78, 5) is 23.3. The summed E-state index contributed by atoms with van der Waals surface area (Å²) in [5, 5.41) is 3.66. The van der Waals surface area contributed by atoms with Gasteiger partial charge in [0.1, 0.15) is 17.4 Å². The number of sulfone groups is 1. The highest BCUT2D eigenvalue weighted by Gasteiger charge is 2.28. The Hall–Kier alpha value is -3.01. The molecule has 10 heteroatoms. The maximum Gasteiger partial charge on any atom is 0.262 e. The Balaban J connectivity index is 1.73. The van der Waals surface area contributed by atoms with Crippen LogP contribution < -0.4 is 15.4 Å². The third-order valence-corrected chi connectivity index (χ3v) is 6.26. The topological polar surface area (TPSA) is 102 Å². The summed E-state index contributed by atoms with van der Waals surface area (Å²) in [6.07, 6.45) is -0.437. The molecule has 0 aromatic heterocycles. The highest BCUT2D eigenvalue weighted by Crippen LogP contribution is 2.32. The zero-order valence-corrected chi connectivity index (χ0v) is 15.5. The van der Waals surface area contributed by atoms with Crippen molar-refractivity contribution in [1.29, 1.82) is 0 Å². The lowest BCUT2D eigenvalue weighted by molar-refractivity contribution is -0.118.